The Morgan fingerprint density at radius 3 is 2.53 bits per heavy atom. The van der Waals surface area contributed by atoms with E-state index in [2.05, 4.69) is 35.4 Å². The maximum Gasteiger partial charge on any atom is 0.573 e. The first kappa shape index (κ1) is 23.9. The van der Waals surface area contributed by atoms with Crippen LogP contribution in [0.15, 0.2) is 42.5 Å². The predicted octanol–water partition coefficient (Wildman–Crippen LogP) is 6.63. The van der Waals surface area contributed by atoms with Crippen LogP contribution in [0.25, 0.3) is 11.0 Å². The first-order valence-electron chi connectivity index (χ1n) is 11.2. The molecule has 1 aromatic heterocycles. The van der Waals surface area contributed by atoms with E-state index in [1.807, 2.05) is 0 Å². The van der Waals surface area contributed by atoms with Crippen LogP contribution in [0.1, 0.15) is 62.0 Å². The zero-order chi connectivity index (χ0) is 24.7. The number of benzene rings is 2. The monoisotopic (exact) mass is 475 g/mol. The van der Waals surface area contributed by atoms with Gasteiger partial charge in [0.2, 0.25) is 5.95 Å². The lowest BCUT2D eigenvalue weighted by Gasteiger charge is -2.40. The fourth-order valence-corrected chi connectivity index (χ4v) is 5.21. The van der Waals surface area contributed by atoms with Gasteiger partial charge < -0.3 is 19.7 Å². The number of fused-ring (bicyclic) bond motifs is 1. The third-order valence-electron chi connectivity index (χ3n) is 6.27. The average Bonchev–Trinajstić information content (AvgIpc) is 3.08. The van der Waals surface area contributed by atoms with Gasteiger partial charge in [-0.05, 0) is 66.5 Å². The van der Waals surface area contributed by atoms with Gasteiger partial charge in [0.15, 0.2) is 0 Å². The van der Waals surface area contributed by atoms with E-state index in [0.717, 1.165) is 30.3 Å². The minimum absolute atomic E-state index is 0.158. The number of rotatable bonds is 6. The van der Waals surface area contributed by atoms with Gasteiger partial charge in [-0.2, -0.15) is 0 Å². The van der Waals surface area contributed by atoms with Crippen molar-refractivity contribution >= 4 is 23.0 Å². The number of hydrogen-bond acceptors (Lipinski definition) is 4. The van der Waals surface area contributed by atoms with E-state index >= 15 is 0 Å². The third kappa shape index (κ3) is 5.46. The third-order valence-corrected chi connectivity index (χ3v) is 6.27. The zero-order valence-corrected chi connectivity index (χ0v) is 19.3. The van der Waals surface area contributed by atoms with E-state index < -0.39 is 12.3 Å². The smallest absolute Gasteiger partial charge is 0.478 e. The van der Waals surface area contributed by atoms with Crippen LogP contribution in [0.5, 0.6) is 5.75 Å². The maximum absolute atomic E-state index is 12.4. The molecule has 4 rings (SSSR count). The van der Waals surface area contributed by atoms with Crippen molar-refractivity contribution < 1.29 is 27.8 Å². The number of aromatic nitrogens is 2. The topological polar surface area (TPSA) is 76.4 Å². The van der Waals surface area contributed by atoms with Crippen molar-refractivity contribution in [3.8, 4) is 5.75 Å². The number of alkyl halides is 3. The number of carbonyl (C=O) groups is 1. The molecule has 1 aliphatic carbocycles. The molecule has 0 amide bonds. The molecule has 1 aliphatic rings. The minimum atomic E-state index is -4.73. The highest BCUT2D eigenvalue weighted by molar-refractivity contribution is 5.93. The molecule has 182 valence electrons. The molecule has 0 spiro atoms. The molecule has 2 atom stereocenters. The Morgan fingerprint density at radius 1 is 1.21 bits per heavy atom. The number of anilines is 1. The average molecular weight is 476 g/mol. The Labute approximate surface area is 195 Å². The summed E-state index contributed by atoms with van der Waals surface area (Å²) in [5, 5.41) is 12.7. The lowest BCUT2D eigenvalue weighted by molar-refractivity contribution is -0.274. The van der Waals surface area contributed by atoms with E-state index in [4.69, 9.17) is 4.98 Å². The second-order valence-corrected chi connectivity index (χ2v) is 9.93. The number of carboxylic acid groups (broad SMARTS) is 1. The molecule has 0 radical (unpaired) electrons. The summed E-state index contributed by atoms with van der Waals surface area (Å²) in [5.41, 5.74) is 2.53. The summed E-state index contributed by atoms with van der Waals surface area (Å²) in [6.45, 7) is 7.10. The molecule has 0 bridgehead atoms. The number of aromatic carboxylic acids is 1. The number of imidazole rings is 1. The molecule has 0 unspecified atom stereocenters. The number of hydrogen-bond donors (Lipinski definition) is 2. The lowest BCUT2D eigenvalue weighted by Crippen LogP contribution is -2.30. The Balaban J connectivity index is 1.64. The Morgan fingerprint density at radius 2 is 1.91 bits per heavy atom. The van der Waals surface area contributed by atoms with Crippen LogP contribution in [-0.4, -0.2) is 27.0 Å². The number of halogens is 3. The minimum Gasteiger partial charge on any atom is -0.478 e. The van der Waals surface area contributed by atoms with Gasteiger partial charge in [-0.1, -0.05) is 32.9 Å². The van der Waals surface area contributed by atoms with Crippen molar-refractivity contribution in [3.63, 3.8) is 0 Å². The van der Waals surface area contributed by atoms with Crippen LogP contribution in [0.4, 0.5) is 19.1 Å². The molecule has 2 N–H and O–H groups in total. The summed E-state index contributed by atoms with van der Waals surface area (Å²) >= 11 is 0. The fraction of sp³-hybridized carbons (Fsp3) is 0.440. The predicted molar refractivity (Wildman–Crippen MR) is 123 cm³/mol. The summed E-state index contributed by atoms with van der Waals surface area (Å²) in [5.74, 6) is -0.149. The SMILES string of the molecule is C[C@@H]1C[C@H](n2c(NCc3ccc(OC(F)(F)F)cc3)nc3cc(C(=O)O)ccc32)CC(C)(C)C1. The van der Waals surface area contributed by atoms with E-state index in [9.17, 15) is 23.1 Å². The molecular formula is C25H28F3N3O3. The number of nitrogens with one attached hydrogen (secondary N) is 1. The lowest BCUT2D eigenvalue weighted by atomic mass is 9.70. The van der Waals surface area contributed by atoms with Crippen LogP contribution in [0.3, 0.4) is 0 Å². The van der Waals surface area contributed by atoms with E-state index in [-0.39, 0.29) is 22.8 Å². The summed E-state index contributed by atoms with van der Waals surface area (Å²) in [6.07, 6.45) is -1.66. The molecule has 6 nitrogen and oxygen atoms in total. The van der Waals surface area contributed by atoms with Gasteiger partial charge in [-0.15, -0.1) is 13.2 Å². The van der Waals surface area contributed by atoms with Crippen LogP contribution in [0.2, 0.25) is 0 Å². The standard InChI is InChI=1S/C25H28F3N3O3/c1-15-10-18(13-24(2,3)12-15)31-21-9-6-17(22(32)33)11-20(21)30-23(31)29-14-16-4-7-19(8-5-16)34-25(26,27)28/h4-9,11,15,18H,10,12-14H2,1-3H3,(H,29,30)(H,32,33)/t15-,18+/m1/s1. The molecule has 0 saturated heterocycles. The fourth-order valence-electron chi connectivity index (χ4n) is 5.21. The molecule has 1 fully saturated rings. The molecular weight excluding hydrogens is 447 g/mol. The Hall–Kier alpha value is -3.23. The van der Waals surface area contributed by atoms with Gasteiger partial charge >= 0.3 is 12.3 Å². The van der Waals surface area contributed by atoms with Crippen molar-refractivity contribution in [3.05, 3.63) is 53.6 Å². The normalized spacial score (nSPS) is 20.3. The molecule has 9 heteroatoms. The summed E-state index contributed by atoms with van der Waals surface area (Å²) in [7, 11) is 0. The highest BCUT2D eigenvalue weighted by Crippen LogP contribution is 2.45. The van der Waals surface area contributed by atoms with E-state index in [1.165, 1.54) is 12.1 Å². The number of ether oxygens (including phenoxy) is 1. The van der Waals surface area contributed by atoms with Crippen molar-refractivity contribution in [1.29, 1.82) is 0 Å². The summed E-state index contributed by atoms with van der Waals surface area (Å²) in [4.78, 5) is 16.2. The Kier molecular flexibility index (Phi) is 6.22. The summed E-state index contributed by atoms with van der Waals surface area (Å²) in [6, 6.07) is 10.8. The molecule has 1 heterocycles. The van der Waals surface area contributed by atoms with Crippen LogP contribution in [-0.2, 0) is 6.54 Å². The van der Waals surface area contributed by atoms with Crippen molar-refractivity contribution in [1.82, 2.24) is 9.55 Å². The van der Waals surface area contributed by atoms with Gasteiger partial charge in [0, 0.05) is 12.6 Å². The van der Waals surface area contributed by atoms with Crippen molar-refractivity contribution in [2.24, 2.45) is 11.3 Å². The summed E-state index contributed by atoms with van der Waals surface area (Å²) < 4.78 is 43.3. The van der Waals surface area contributed by atoms with Gasteiger partial charge in [0.25, 0.3) is 0 Å². The molecule has 0 aliphatic heterocycles. The highest BCUT2D eigenvalue weighted by atomic mass is 19.4. The van der Waals surface area contributed by atoms with Crippen LogP contribution < -0.4 is 10.1 Å². The zero-order valence-electron chi connectivity index (χ0n) is 19.3. The number of nitrogens with zero attached hydrogens (tertiary/aromatic N) is 2. The second kappa shape index (κ2) is 8.85. The quantitative estimate of drug-likeness (QED) is 0.418. The largest absolute Gasteiger partial charge is 0.573 e. The van der Waals surface area contributed by atoms with E-state index in [1.54, 1.807) is 30.3 Å². The maximum atomic E-state index is 12.4. The second-order valence-electron chi connectivity index (χ2n) is 9.93. The van der Waals surface area contributed by atoms with Gasteiger partial charge in [0.05, 0.1) is 16.6 Å². The molecule has 1 saturated carbocycles. The first-order valence-corrected chi connectivity index (χ1v) is 11.2. The van der Waals surface area contributed by atoms with Crippen molar-refractivity contribution in [2.75, 3.05) is 5.32 Å². The van der Waals surface area contributed by atoms with Gasteiger partial charge in [-0.3, -0.25) is 0 Å². The first-order chi connectivity index (χ1) is 15.9. The molecule has 34 heavy (non-hydrogen) atoms. The van der Waals surface area contributed by atoms with Crippen LogP contribution in [0, 0.1) is 11.3 Å². The van der Waals surface area contributed by atoms with Crippen LogP contribution >= 0.6 is 0 Å². The number of carboxylic acids is 1. The Bertz CT molecular complexity index is 1190. The van der Waals surface area contributed by atoms with Crippen molar-refractivity contribution in [2.45, 2.75) is 59.0 Å². The molecule has 3 aromatic rings. The van der Waals surface area contributed by atoms with Gasteiger partial charge in [0.1, 0.15) is 5.75 Å². The van der Waals surface area contributed by atoms with E-state index in [0.29, 0.717) is 23.9 Å². The molecule has 2 aromatic carbocycles. The van der Waals surface area contributed by atoms with Gasteiger partial charge in [-0.25, -0.2) is 9.78 Å². The highest BCUT2D eigenvalue weighted by Gasteiger charge is 2.35.